The summed E-state index contributed by atoms with van der Waals surface area (Å²) in [6.45, 7) is 3.82. The normalized spacial score (nSPS) is 22.6. The lowest BCUT2D eigenvalue weighted by atomic mass is 9.89. The van der Waals surface area contributed by atoms with Crippen LogP contribution in [0.15, 0.2) is 24.3 Å². The Morgan fingerprint density at radius 1 is 1.53 bits per heavy atom. The molecule has 1 fully saturated rings. The Bertz CT molecular complexity index is 504. The van der Waals surface area contributed by atoms with Crippen LogP contribution in [0.25, 0.3) is 0 Å². The van der Waals surface area contributed by atoms with E-state index in [4.69, 9.17) is 16.9 Å². The summed E-state index contributed by atoms with van der Waals surface area (Å²) in [6, 6.07) is 9.36. The van der Waals surface area contributed by atoms with Crippen LogP contribution >= 0.6 is 11.6 Å². The van der Waals surface area contributed by atoms with E-state index in [2.05, 4.69) is 6.07 Å². The Morgan fingerprint density at radius 2 is 2.24 bits per heavy atom. The lowest BCUT2D eigenvalue weighted by Crippen LogP contribution is -2.44. The molecule has 2 rings (SSSR count). The van der Waals surface area contributed by atoms with Crippen molar-refractivity contribution in [1.82, 2.24) is 0 Å². The van der Waals surface area contributed by atoms with Gasteiger partial charge in [0.15, 0.2) is 0 Å². The second-order valence-corrected chi connectivity index (χ2v) is 5.18. The van der Waals surface area contributed by atoms with Crippen LogP contribution in [0.3, 0.4) is 0 Å². The largest absolute Gasteiger partial charge is 0.305 e. The van der Waals surface area contributed by atoms with E-state index in [9.17, 15) is 4.79 Å². The number of benzene rings is 1. The zero-order valence-electron chi connectivity index (χ0n) is 9.77. The van der Waals surface area contributed by atoms with Gasteiger partial charge in [-0.15, -0.1) is 0 Å². The van der Waals surface area contributed by atoms with Crippen LogP contribution in [0.1, 0.15) is 20.3 Å². The molecule has 17 heavy (non-hydrogen) atoms. The number of amides is 1. The van der Waals surface area contributed by atoms with E-state index in [0.717, 1.165) is 5.69 Å². The first-order chi connectivity index (χ1) is 7.96. The Morgan fingerprint density at radius 3 is 2.76 bits per heavy atom. The maximum absolute atomic E-state index is 12.0. The van der Waals surface area contributed by atoms with E-state index >= 15 is 0 Å². The Balaban J connectivity index is 2.46. The number of halogens is 1. The number of rotatable bonds is 1. The summed E-state index contributed by atoms with van der Waals surface area (Å²) in [4.78, 5) is 13.7. The molecular formula is C13H13ClN2O. The summed E-state index contributed by atoms with van der Waals surface area (Å²) in [7, 11) is 0. The molecule has 1 heterocycles. The van der Waals surface area contributed by atoms with Crippen molar-refractivity contribution in [3.05, 3.63) is 29.3 Å². The third-order valence-corrected chi connectivity index (χ3v) is 3.51. The maximum Gasteiger partial charge on any atom is 0.228 e. The highest BCUT2D eigenvalue weighted by atomic mass is 35.5. The van der Waals surface area contributed by atoms with Gasteiger partial charge in [0.1, 0.15) is 0 Å². The summed E-state index contributed by atoms with van der Waals surface area (Å²) >= 11 is 5.93. The zero-order chi connectivity index (χ0) is 12.6. The second-order valence-electron chi connectivity index (χ2n) is 4.75. The van der Waals surface area contributed by atoms with E-state index in [1.54, 1.807) is 23.1 Å². The Kier molecular flexibility index (Phi) is 2.84. The number of hydrogen-bond donors (Lipinski definition) is 0. The standard InChI is InChI=1S/C13H13ClN2O/c1-13(2)9(8-15)6-12(17)16(13)11-5-3-4-10(14)7-11/h3-5,7,9H,6H2,1-2H3. The predicted molar refractivity (Wildman–Crippen MR) is 66.7 cm³/mol. The molecule has 0 saturated carbocycles. The second kappa shape index (κ2) is 4.05. The van der Waals surface area contributed by atoms with Gasteiger partial charge in [0.05, 0.1) is 17.5 Å². The van der Waals surface area contributed by atoms with Gasteiger partial charge in [-0.2, -0.15) is 5.26 Å². The lowest BCUT2D eigenvalue weighted by molar-refractivity contribution is -0.117. The average molecular weight is 249 g/mol. The fourth-order valence-corrected chi connectivity index (χ4v) is 2.47. The maximum atomic E-state index is 12.0. The van der Waals surface area contributed by atoms with Gasteiger partial charge in [0.25, 0.3) is 0 Å². The summed E-state index contributed by atoms with van der Waals surface area (Å²) in [5.41, 5.74) is 0.265. The van der Waals surface area contributed by atoms with Crippen LogP contribution in [0.2, 0.25) is 5.02 Å². The first-order valence-corrected chi connectivity index (χ1v) is 5.83. The third-order valence-electron chi connectivity index (χ3n) is 3.28. The van der Waals surface area contributed by atoms with Gasteiger partial charge in [-0.25, -0.2) is 0 Å². The van der Waals surface area contributed by atoms with Gasteiger partial charge >= 0.3 is 0 Å². The molecule has 0 bridgehead atoms. The van der Waals surface area contributed by atoms with Crippen molar-refractivity contribution in [3.63, 3.8) is 0 Å². The van der Waals surface area contributed by atoms with Gasteiger partial charge < -0.3 is 4.90 Å². The van der Waals surface area contributed by atoms with Crippen LogP contribution < -0.4 is 4.90 Å². The topological polar surface area (TPSA) is 44.1 Å². The number of carbonyl (C=O) groups is 1. The first kappa shape index (κ1) is 11.9. The minimum Gasteiger partial charge on any atom is -0.305 e. The highest BCUT2D eigenvalue weighted by molar-refractivity contribution is 6.31. The molecule has 0 aromatic heterocycles. The van der Waals surface area contributed by atoms with Crippen LogP contribution in [0, 0.1) is 17.2 Å². The Hall–Kier alpha value is -1.53. The van der Waals surface area contributed by atoms with Crippen molar-refractivity contribution in [2.75, 3.05) is 4.90 Å². The van der Waals surface area contributed by atoms with Crippen LogP contribution in [-0.2, 0) is 4.79 Å². The number of nitriles is 1. The van der Waals surface area contributed by atoms with Gasteiger partial charge in [0, 0.05) is 17.1 Å². The molecule has 1 amide bonds. The minimum atomic E-state index is -0.490. The van der Waals surface area contributed by atoms with Crippen molar-refractivity contribution >= 4 is 23.2 Å². The molecule has 1 atom stereocenters. The van der Waals surface area contributed by atoms with Gasteiger partial charge in [-0.05, 0) is 32.0 Å². The highest BCUT2D eigenvalue weighted by Gasteiger charge is 2.47. The van der Waals surface area contributed by atoms with Crippen molar-refractivity contribution in [2.24, 2.45) is 5.92 Å². The van der Waals surface area contributed by atoms with E-state index < -0.39 is 5.54 Å². The summed E-state index contributed by atoms with van der Waals surface area (Å²) in [6.07, 6.45) is 0.274. The molecule has 0 N–H and O–H groups in total. The molecular weight excluding hydrogens is 236 g/mol. The smallest absolute Gasteiger partial charge is 0.228 e. The summed E-state index contributed by atoms with van der Waals surface area (Å²) in [5, 5.41) is 9.67. The highest BCUT2D eigenvalue weighted by Crippen LogP contribution is 2.39. The predicted octanol–water partition coefficient (Wildman–Crippen LogP) is 3.00. The van der Waals surface area contributed by atoms with Crippen molar-refractivity contribution in [2.45, 2.75) is 25.8 Å². The molecule has 0 aliphatic carbocycles. The molecule has 1 unspecified atom stereocenters. The molecule has 1 aromatic rings. The van der Waals surface area contributed by atoms with Crippen LogP contribution in [0.4, 0.5) is 5.69 Å². The third kappa shape index (κ3) is 1.89. The van der Waals surface area contributed by atoms with Gasteiger partial charge in [0.2, 0.25) is 5.91 Å². The molecule has 1 saturated heterocycles. The fraction of sp³-hybridized carbons (Fsp3) is 0.385. The minimum absolute atomic E-state index is 0.0242. The number of anilines is 1. The molecule has 1 aromatic carbocycles. The number of carbonyl (C=O) groups excluding carboxylic acids is 1. The quantitative estimate of drug-likeness (QED) is 0.767. The summed E-state index contributed by atoms with van der Waals surface area (Å²) in [5.74, 6) is -0.308. The van der Waals surface area contributed by atoms with Crippen molar-refractivity contribution in [1.29, 1.82) is 5.26 Å². The molecule has 1 aliphatic rings. The van der Waals surface area contributed by atoms with E-state index in [-0.39, 0.29) is 18.2 Å². The summed E-state index contributed by atoms with van der Waals surface area (Å²) < 4.78 is 0. The van der Waals surface area contributed by atoms with E-state index in [1.165, 1.54) is 0 Å². The van der Waals surface area contributed by atoms with E-state index in [1.807, 2.05) is 19.9 Å². The number of hydrogen-bond acceptors (Lipinski definition) is 2. The van der Waals surface area contributed by atoms with Gasteiger partial charge in [-0.3, -0.25) is 4.79 Å². The van der Waals surface area contributed by atoms with Crippen molar-refractivity contribution in [3.8, 4) is 6.07 Å². The first-order valence-electron chi connectivity index (χ1n) is 5.45. The van der Waals surface area contributed by atoms with Crippen LogP contribution in [-0.4, -0.2) is 11.4 Å². The molecule has 0 spiro atoms. The molecule has 0 radical (unpaired) electrons. The molecule has 3 nitrogen and oxygen atoms in total. The number of nitrogens with zero attached hydrogens (tertiary/aromatic N) is 2. The fourth-order valence-electron chi connectivity index (χ4n) is 2.29. The van der Waals surface area contributed by atoms with E-state index in [0.29, 0.717) is 5.02 Å². The average Bonchev–Trinajstić information content (AvgIpc) is 2.48. The Labute approximate surface area is 106 Å². The molecule has 88 valence electrons. The zero-order valence-corrected chi connectivity index (χ0v) is 10.5. The molecule has 4 heteroatoms. The van der Waals surface area contributed by atoms with Crippen LogP contribution in [0.5, 0.6) is 0 Å². The van der Waals surface area contributed by atoms with Gasteiger partial charge in [-0.1, -0.05) is 17.7 Å². The monoisotopic (exact) mass is 248 g/mol. The molecule has 1 aliphatic heterocycles. The lowest BCUT2D eigenvalue weighted by Gasteiger charge is -2.33. The van der Waals surface area contributed by atoms with Crippen molar-refractivity contribution < 1.29 is 4.79 Å². The SMILES string of the molecule is CC1(C)C(C#N)CC(=O)N1c1cccc(Cl)c1.